The van der Waals surface area contributed by atoms with Gasteiger partial charge >= 0.3 is 0 Å². The van der Waals surface area contributed by atoms with Crippen molar-refractivity contribution in [3.8, 4) is 0 Å². The van der Waals surface area contributed by atoms with Crippen molar-refractivity contribution in [3.05, 3.63) is 0 Å². The molecule has 2 amide bonds. The highest BCUT2D eigenvalue weighted by Gasteiger charge is 2.14. The van der Waals surface area contributed by atoms with Gasteiger partial charge in [0.05, 0.1) is 0 Å². The van der Waals surface area contributed by atoms with Gasteiger partial charge in [0.15, 0.2) is 0 Å². The van der Waals surface area contributed by atoms with Crippen molar-refractivity contribution in [2.24, 2.45) is 0 Å². The van der Waals surface area contributed by atoms with Crippen LogP contribution in [0.3, 0.4) is 0 Å². The second-order valence-corrected chi connectivity index (χ2v) is 4.09. The zero-order valence-corrected chi connectivity index (χ0v) is 10.7. The molecule has 0 saturated carbocycles. The molecular formula is C11H18N2O5-2. The maximum Gasteiger partial charge on any atom is 0.222 e. The van der Waals surface area contributed by atoms with Crippen LogP contribution >= 0.6 is 0 Å². The molecule has 0 aliphatic carbocycles. The van der Waals surface area contributed by atoms with Gasteiger partial charge in [-0.25, -0.2) is 0 Å². The topological polar surface area (TPSA) is 104 Å². The fraction of sp³-hybridized carbons (Fsp3) is 0.727. The first-order valence-electron chi connectivity index (χ1n) is 5.70. The normalized spacial score (nSPS) is 17.9. The first-order chi connectivity index (χ1) is 8.34. The summed E-state index contributed by atoms with van der Waals surface area (Å²) < 4.78 is 0. The highest BCUT2D eigenvalue weighted by Crippen LogP contribution is 2.05. The fourth-order valence-electron chi connectivity index (χ4n) is 1.57. The molecule has 2 aliphatic heterocycles. The third-order valence-corrected chi connectivity index (χ3v) is 2.62. The summed E-state index contributed by atoms with van der Waals surface area (Å²) in [5, 5.41) is 16.7. The molecule has 2 heterocycles. The summed E-state index contributed by atoms with van der Waals surface area (Å²) in [6, 6.07) is 0. The summed E-state index contributed by atoms with van der Waals surface area (Å²) in [5.74, 6) is 0.583. The number of nitrogens with zero attached hydrogens (tertiary/aromatic N) is 2. The number of carbonyl (C=O) groups excluding carboxylic acids is 3. The fourth-order valence-corrected chi connectivity index (χ4v) is 1.57. The first kappa shape index (κ1) is 16.2. The standard InChI is InChI=1S/2C5H9NO.CH2O3/c2*1-6-4-2-3-5(6)7;2-1(3)4/h2*2-4H2,1H3;(H2,2,3,4)/p-2. The van der Waals surface area contributed by atoms with Gasteiger partial charge in [-0.2, -0.15) is 0 Å². The number of carbonyl (C=O) groups is 3. The van der Waals surface area contributed by atoms with Crippen molar-refractivity contribution in [1.82, 2.24) is 9.80 Å². The quantitative estimate of drug-likeness (QED) is 0.501. The van der Waals surface area contributed by atoms with E-state index >= 15 is 0 Å². The van der Waals surface area contributed by atoms with Crippen molar-refractivity contribution in [3.63, 3.8) is 0 Å². The summed E-state index contributed by atoms with van der Waals surface area (Å²) in [6.07, 6.45) is 1.29. The Balaban J connectivity index is 0.000000253. The number of amides is 2. The molecule has 18 heavy (non-hydrogen) atoms. The van der Waals surface area contributed by atoms with E-state index < -0.39 is 6.16 Å². The summed E-state index contributed by atoms with van der Waals surface area (Å²) in [4.78, 5) is 32.9. The lowest BCUT2D eigenvalue weighted by molar-refractivity contribution is -0.415. The molecule has 0 radical (unpaired) electrons. The van der Waals surface area contributed by atoms with Crippen LogP contribution in [0.2, 0.25) is 0 Å². The molecule has 7 heteroatoms. The van der Waals surface area contributed by atoms with Crippen molar-refractivity contribution in [1.29, 1.82) is 0 Å². The smallest absolute Gasteiger partial charge is 0.222 e. The van der Waals surface area contributed by atoms with Gasteiger partial charge in [0.2, 0.25) is 11.8 Å². The molecular weight excluding hydrogens is 240 g/mol. The Hall–Kier alpha value is -1.79. The number of likely N-dealkylation sites (tertiary alicyclic amines) is 2. The van der Waals surface area contributed by atoms with E-state index in [1.54, 1.807) is 9.80 Å². The molecule has 0 N–H and O–H groups in total. The molecule has 0 bridgehead atoms. The molecule has 2 fully saturated rings. The maximum absolute atomic E-state index is 10.5. The predicted octanol–water partition coefficient (Wildman–Crippen LogP) is -1.97. The van der Waals surface area contributed by atoms with Crippen LogP contribution in [-0.4, -0.2) is 55.0 Å². The monoisotopic (exact) mass is 258 g/mol. The third kappa shape index (κ3) is 7.48. The SMILES string of the molecule is CN1CCCC1=O.CN1CCCC1=O.O=C([O-])[O-]. The minimum absolute atomic E-state index is 0.292. The molecule has 2 saturated heterocycles. The van der Waals surface area contributed by atoms with Crippen LogP contribution in [0.25, 0.3) is 0 Å². The first-order valence-corrected chi connectivity index (χ1v) is 5.70. The Morgan fingerprint density at radius 1 is 0.944 bits per heavy atom. The van der Waals surface area contributed by atoms with Crippen LogP contribution in [0.1, 0.15) is 25.7 Å². The lowest BCUT2D eigenvalue weighted by Gasteiger charge is -2.03. The summed E-state index contributed by atoms with van der Waals surface area (Å²) in [6.45, 7) is 1.91. The van der Waals surface area contributed by atoms with Gasteiger partial charge in [-0.3, -0.25) is 9.59 Å². The maximum atomic E-state index is 10.5. The van der Waals surface area contributed by atoms with Gasteiger partial charge in [0, 0.05) is 40.0 Å². The summed E-state index contributed by atoms with van der Waals surface area (Å²) in [5.41, 5.74) is 0. The summed E-state index contributed by atoms with van der Waals surface area (Å²) >= 11 is 0. The molecule has 7 nitrogen and oxygen atoms in total. The van der Waals surface area contributed by atoms with Gasteiger partial charge < -0.3 is 24.8 Å². The average Bonchev–Trinajstić information content (AvgIpc) is 2.79. The number of rotatable bonds is 0. The Morgan fingerprint density at radius 3 is 1.28 bits per heavy atom. The van der Waals surface area contributed by atoms with Gasteiger partial charge in [0.1, 0.15) is 0 Å². The van der Waals surface area contributed by atoms with Gasteiger partial charge in [-0.05, 0) is 19.0 Å². The van der Waals surface area contributed by atoms with Crippen LogP contribution in [0, 0.1) is 0 Å². The van der Waals surface area contributed by atoms with E-state index in [1.807, 2.05) is 14.1 Å². The average molecular weight is 258 g/mol. The van der Waals surface area contributed by atoms with Crippen LogP contribution in [0.5, 0.6) is 0 Å². The number of hydrogen-bond acceptors (Lipinski definition) is 5. The van der Waals surface area contributed by atoms with Gasteiger partial charge in [-0.1, -0.05) is 0 Å². The Morgan fingerprint density at radius 2 is 1.22 bits per heavy atom. The second-order valence-electron chi connectivity index (χ2n) is 4.09. The number of carboxylic acid groups (broad SMARTS) is 2. The van der Waals surface area contributed by atoms with Crippen molar-refractivity contribution < 1.29 is 24.6 Å². The molecule has 2 rings (SSSR count). The minimum atomic E-state index is -2.33. The molecule has 2 aliphatic rings. The zero-order chi connectivity index (χ0) is 14.1. The minimum Gasteiger partial charge on any atom is -0.652 e. The molecule has 0 spiro atoms. The van der Waals surface area contributed by atoms with E-state index in [0.29, 0.717) is 11.8 Å². The van der Waals surface area contributed by atoms with Crippen LogP contribution in [0.4, 0.5) is 4.79 Å². The van der Waals surface area contributed by atoms with Crippen LogP contribution < -0.4 is 10.2 Å². The highest BCUT2D eigenvalue weighted by atomic mass is 16.6. The van der Waals surface area contributed by atoms with Crippen molar-refractivity contribution in [2.75, 3.05) is 27.2 Å². The van der Waals surface area contributed by atoms with Crippen LogP contribution in [-0.2, 0) is 9.59 Å². The largest absolute Gasteiger partial charge is 0.652 e. The van der Waals surface area contributed by atoms with E-state index in [2.05, 4.69) is 0 Å². The Labute approximate surface area is 106 Å². The molecule has 0 aromatic carbocycles. The molecule has 0 unspecified atom stereocenters. The van der Waals surface area contributed by atoms with E-state index in [0.717, 1.165) is 38.8 Å². The molecule has 0 aromatic rings. The number of hydrogen-bond donors (Lipinski definition) is 0. The van der Waals surface area contributed by atoms with E-state index in [4.69, 9.17) is 15.0 Å². The van der Waals surface area contributed by atoms with Crippen LogP contribution in [0.15, 0.2) is 0 Å². The third-order valence-electron chi connectivity index (χ3n) is 2.62. The Kier molecular flexibility index (Phi) is 7.50. The molecule has 0 atom stereocenters. The van der Waals surface area contributed by atoms with Gasteiger partial charge in [-0.15, -0.1) is 0 Å². The van der Waals surface area contributed by atoms with Gasteiger partial charge in [0.25, 0.3) is 0 Å². The zero-order valence-electron chi connectivity index (χ0n) is 10.7. The molecule has 0 aromatic heterocycles. The summed E-state index contributed by atoms with van der Waals surface area (Å²) in [7, 11) is 3.69. The highest BCUT2D eigenvalue weighted by molar-refractivity contribution is 5.77. The Bertz CT molecular complexity index is 278. The second kappa shape index (κ2) is 8.32. The van der Waals surface area contributed by atoms with Crippen molar-refractivity contribution in [2.45, 2.75) is 25.7 Å². The molecule has 104 valence electrons. The predicted molar refractivity (Wildman–Crippen MR) is 59.1 cm³/mol. The van der Waals surface area contributed by atoms with E-state index in [1.165, 1.54) is 0 Å². The van der Waals surface area contributed by atoms with Crippen molar-refractivity contribution >= 4 is 18.0 Å². The van der Waals surface area contributed by atoms with E-state index in [-0.39, 0.29) is 0 Å². The van der Waals surface area contributed by atoms with E-state index in [9.17, 15) is 9.59 Å². The lowest BCUT2D eigenvalue weighted by Crippen LogP contribution is -2.37. The lowest BCUT2D eigenvalue weighted by atomic mass is 10.4.